The molecule has 2 heterocycles. The van der Waals surface area contributed by atoms with Gasteiger partial charge in [-0.15, -0.1) is 11.3 Å². The molecule has 0 saturated carbocycles. The zero-order chi connectivity index (χ0) is 21.6. The quantitative estimate of drug-likeness (QED) is 0.526. The van der Waals surface area contributed by atoms with Crippen LogP contribution in [-0.2, 0) is 33.7 Å². The summed E-state index contributed by atoms with van der Waals surface area (Å²) < 4.78 is 10.9. The minimum atomic E-state index is -0.458. The Morgan fingerprint density at radius 1 is 1.10 bits per heavy atom. The summed E-state index contributed by atoms with van der Waals surface area (Å²) in [5.41, 5.74) is 3.94. The smallest absolute Gasteiger partial charge is 0.312 e. The van der Waals surface area contributed by atoms with Gasteiger partial charge in [0.25, 0.3) is 5.91 Å². The summed E-state index contributed by atoms with van der Waals surface area (Å²) in [7, 11) is 0. The van der Waals surface area contributed by atoms with Crippen LogP contribution >= 0.6 is 11.3 Å². The monoisotopic (exact) mass is 436 g/mol. The van der Waals surface area contributed by atoms with Gasteiger partial charge in [-0.25, -0.2) is 4.98 Å². The van der Waals surface area contributed by atoms with Gasteiger partial charge in [-0.3, -0.25) is 9.59 Å². The van der Waals surface area contributed by atoms with E-state index in [2.05, 4.69) is 11.1 Å². The number of nitrogens with zero attached hydrogens (tertiary/aromatic N) is 2. The third kappa shape index (κ3) is 5.11. The van der Waals surface area contributed by atoms with Crippen molar-refractivity contribution < 1.29 is 19.1 Å². The van der Waals surface area contributed by atoms with E-state index in [1.807, 2.05) is 54.8 Å². The first-order valence-electron chi connectivity index (χ1n) is 10.3. The topological polar surface area (TPSA) is 68.7 Å². The Bertz CT molecular complexity index is 1080. The zero-order valence-corrected chi connectivity index (χ0v) is 18.2. The van der Waals surface area contributed by atoms with E-state index < -0.39 is 5.97 Å². The van der Waals surface area contributed by atoms with Crippen LogP contribution in [0.15, 0.2) is 53.9 Å². The lowest BCUT2D eigenvalue weighted by Gasteiger charge is -2.28. The van der Waals surface area contributed by atoms with E-state index in [-0.39, 0.29) is 18.9 Å². The first-order chi connectivity index (χ1) is 15.1. The Kier molecular flexibility index (Phi) is 6.62. The van der Waals surface area contributed by atoms with Gasteiger partial charge >= 0.3 is 5.97 Å². The molecule has 1 aliphatic heterocycles. The lowest BCUT2D eigenvalue weighted by molar-refractivity contribution is -0.151. The summed E-state index contributed by atoms with van der Waals surface area (Å²) in [6.07, 6.45) is 0.851. The van der Waals surface area contributed by atoms with Crippen molar-refractivity contribution in [2.45, 2.75) is 26.3 Å². The Labute approximate surface area is 185 Å². The molecule has 0 saturated heterocycles. The number of amides is 1. The van der Waals surface area contributed by atoms with Crippen LogP contribution in [0.5, 0.6) is 5.75 Å². The minimum Gasteiger partial charge on any atom is -0.493 e. The molecular weight excluding hydrogens is 412 g/mol. The van der Waals surface area contributed by atoms with Crippen LogP contribution in [0.1, 0.15) is 23.7 Å². The molecule has 0 radical (unpaired) electrons. The van der Waals surface area contributed by atoms with Crippen LogP contribution in [-0.4, -0.2) is 41.5 Å². The van der Waals surface area contributed by atoms with E-state index >= 15 is 0 Å². The van der Waals surface area contributed by atoms with E-state index in [0.29, 0.717) is 25.4 Å². The Morgan fingerprint density at radius 2 is 1.87 bits per heavy atom. The summed E-state index contributed by atoms with van der Waals surface area (Å²) >= 11 is 1.45. The minimum absolute atomic E-state index is 0.0312. The molecule has 0 atom stereocenters. The number of aromatic nitrogens is 1. The maximum Gasteiger partial charge on any atom is 0.312 e. The molecule has 0 N–H and O–H groups in total. The maximum atomic E-state index is 12.5. The second-order valence-electron chi connectivity index (χ2n) is 7.24. The highest BCUT2D eigenvalue weighted by Crippen LogP contribution is 2.32. The van der Waals surface area contributed by atoms with Gasteiger partial charge in [-0.1, -0.05) is 36.4 Å². The van der Waals surface area contributed by atoms with Gasteiger partial charge < -0.3 is 14.4 Å². The summed E-state index contributed by atoms with van der Waals surface area (Å²) in [5, 5.41) is 2.62. The van der Waals surface area contributed by atoms with Crippen molar-refractivity contribution in [3.63, 3.8) is 0 Å². The molecular formula is C24H24N2O4S. The number of fused-ring (bicyclic) bond motifs is 1. The van der Waals surface area contributed by atoms with E-state index in [4.69, 9.17) is 9.47 Å². The van der Waals surface area contributed by atoms with Crippen molar-refractivity contribution in [2.24, 2.45) is 0 Å². The second-order valence-corrected chi connectivity index (χ2v) is 8.10. The van der Waals surface area contributed by atoms with Crippen molar-refractivity contribution in [3.05, 3.63) is 70.7 Å². The standard InChI is InChI=1S/C24H24N2O4S/c1-2-29-21-10-6-5-9-20(21)24-25-19(16-31-24)13-23(28)30-15-22(27)26-12-11-17-7-3-4-8-18(17)14-26/h3-10,16H,2,11-15H2,1H3. The lowest BCUT2D eigenvalue weighted by atomic mass is 10.00. The predicted molar refractivity (Wildman–Crippen MR) is 119 cm³/mol. The molecule has 0 aliphatic carbocycles. The van der Waals surface area contributed by atoms with E-state index in [1.54, 1.807) is 4.90 Å². The number of carbonyl (C=O) groups is 2. The molecule has 0 fully saturated rings. The van der Waals surface area contributed by atoms with Gasteiger partial charge in [0.2, 0.25) is 0 Å². The molecule has 0 bridgehead atoms. The molecule has 1 aliphatic rings. The Morgan fingerprint density at radius 3 is 2.71 bits per heavy atom. The van der Waals surface area contributed by atoms with Crippen LogP contribution in [0.2, 0.25) is 0 Å². The number of rotatable bonds is 7. The van der Waals surface area contributed by atoms with Crippen LogP contribution < -0.4 is 4.74 Å². The summed E-state index contributed by atoms with van der Waals surface area (Å²) in [5.74, 6) is 0.135. The molecule has 0 spiro atoms. The second kappa shape index (κ2) is 9.75. The van der Waals surface area contributed by atoms with Crippen molar-refractivity contribution in [1.82, 2.24) is 9.88 Å². The van der Waals surface area contributed by atoms with E-state index in [1.165, 1.54) is 16.9 Å². The van der Waals surface area contributed by atoms with Crippen LogP contribution in [0, 0.1) is 0 Å². The molecule has 31 heavy (non-hydrogen) atoms. The van der Waals surface area contributed by atoms with Gasteiger partial charge in [-0.2, -0.15) is 0 Å². The number of para-hydroxylation sites is 1. The third-order valence-electron chi connectivity index (χ3n) is 5.13. The number of benzene rings is 2. The molecule has 7 heteroatoms. The van der Waals surface area contributed by atoms with Gasteiger partial charge in [0.15, 0.2) is 6.61 Å². The van der Waals surface area contributed by atoms with Gasteiger partial charge in [0.05, 0.1) is 24.3 Å². The molecule has 4 rings (SSSR count). The number of ether oxygens (including phenoxy) is 2. The number of thiazole rings is 1. The van der Waals surface area contributed by atoms with Crippen LogP contribution in [0.4, 0.5) is 0 Å². The van der Waals surface area contributed by atoms with Crippen molar-refractivity contribution >= 4 is 23.2 Å². The fraction of sp³-hybridized carbons (Fsp3) is 0.292. The molecule has 2 aromatic carbocycles. The Balaban J connectivity index is 1.31. The number of carbonyl (C=O) groups excluding carboxylic acids is 2. The zero-order valence-electron chi connectivity index (χ0n) is 17.4. The average molecular weight is 437 g/mol. The van der Waals surface area contributed by atoms with E-state index in [0.717, 1.165) is 28.3 Å². The maximum absolute atomic E-state index is 12.5. The first-order valence-corrected chi connectivity index (χ1v) is 11.2. The fourth-order valence-corrected chi connectivity index (χ4v) is 4.43. The third-order valence-corrected chi connectivity index (χ3v) is 6.06. The normalized spacial score (nSPS) is 12.9. The van der Waals surface area contributed by atoms with Crippen molar-refractivity contribution in [3.8, 4) is 16.3 Å². The lowest BCUT2D eigenvalue weighted by Crippen LogP contribution is -2.38. The average Bonchev–Trinajstić information content (AvgIpc) is 3.26. The summed E-state index contributed by atoms with van der Waals surface area (Å²) in [6, 6.07) is 15.8. The molecule has 3 aromatic rings. The molecule has 1 amide bonds. The molecule has 6 nitrogen and oxygen atoms in total. The molecule has 1 aromatic heterocycles. The highest BCUT2D eigenvalue weighted by molar-refractivity contribution is 7.13. The summed E-state index contributed by atoms with van der Waals surface area (Å²) in [6.45, 7) is 3.46. The van der Waals surface area contributed by atoms with Gasteiger partial charge in [0, 0.05) is 18.5 Å². The fourth-order valence-electron chi connectivity index (χ4n) is 3.58. The SMILES string of the molecule is CCOc1ccccc1-c1nc(CC(=O)OCC(=O)N2CCc3ccccc3C2)cs1. The van der Waals surface area contributed by atoms with Crippen molar-refractivity contribution in [1.29, 1.82) is 0 Å². The highest BCUT2D eigenvalue weighted by Gasteiger charge is 2.21. The number of hydrogen-bond donors (Lipinski definition) is 0. The summed E-state index contributed by atoms with van der Waals surface area (Å²) in [4.78, 5) is 31.0. The van der Waals surface area contributed by atoms with E-state index in [9.17, 15) is 9.59 Å². The number of esters is 1. The van der Waals surface area contributed by atoms with Crippen LogP contribution in [0.25, 0.3) is 10.6 Å². The highest BCUT2D eigenvalue weighted by atomic mass is 32.1. The Hall–Kier alpha value is -3.19. The number of hydrogen-bond acceptors (Lipinski definition) is 6. The van der Waals surface area contributed by atoms with Crippen LogP contribution in [0.3, 0.4) is 0 Å². The largest absolute Gasteiger partial charge is 0.493 e. The van der Waals surface area contributed by atoms with Gasteiger partial charge in [0.1, 0.15) is 10.8 Å². The van der Waals surface area contributed by atoms with Gasteiger partial charge in [-0.05, 0) is 36.6 Å². The predicted octanol–water partition coefficient (Wildman–Crippen LogP) is 3.88. The molecule has 160 valence electrons. The molecule has 0 unspecified atom stereocenters. The van der Waals surface area contributed by atoms with Crippen molar-refractivity contribution in [2.75, 3.05) is 19.8 Å². The first kappa shape index (κ1) is 21.1.